The molecule has 2 aliphatic carbocycles. The van der Waals surface area contributed by atoms with Gasteiger partial charge in [-0.1, -0.05) is 42.5 Å². The molecule has 0 spiro atoms. The van der Waals surface area contributed by atoms with Crippen LogP contribution in [0.2, 0.25) is 0 Å². The van der Waals surface area contributed by atoms with Crippen LogP contribution in [0.1, 0.15) is 11.1 Å². The number of benzene rings is 2. The average Bonchev–Trinajstić information content (AvgIpc) is 2.98. The second-order valence-corrected chi connectivity index (χ2v) is 5.33. The highest BCUT2D eigenvalue weighted by atomic mass is 16.5. The first kappa shape index (κ1) is 12.2. The zero-order valence-corrected chi connectivity index (χ0v) is 11.7. The van der Waals surface area contributed by atoms with Gasteiger partial charge in [0.05, 0.1) is 12.7 Å². The minimum Gasteiger partial charge on any atom is -0.465 e. The van der Waals surface area contributed by atoms with E-state index in [-0.39, 0.29) is 5.97 Å². The molecule has 0 aromatic heterocycles. The van der Waals surface area contributed by atoms with Crippen molar-refractivity contribution in [3.63, 3.8) is 0 Å². The molecule has 102 valence electrons. The Morgan fingerprint density at radius 1 is 1.05 bits per heavy atom. The van der Waals surface area contributed by atoms with Crippen molar-refractivity contribution >= 4 is 35.0 Å². The largest absolute Gasteiger partial charge is 0.465 e. The van der Waals surface area contributed by atoms with E-state index >= 15 is 0 Å². The molecule has 2 aromatic rings. The predicted octanol–water partition coefficient (Wildman–Crippen LogP) is 2.08. The fourth-order valence-electron chi connectivity index (χ4n) is 3.15. The predicted molar refractivity (Wildman–Crippen MR) is 85.0 cm³/mol. The molecule has 0 unspecified atom stereocenters. The van der Waals surface area contributed by atoms with E-state index in [0.717, 1.165) is 17.2 Å². The van der Waals surface area contributed by atoms with Gasteiger partial charge in [0, 0.05) is 0 Å². The lowest BCUT2D eigenvalue weighted by Crippen LogP contribution is -2.12. The van der Waals surface area contributed by atoms with Gasteiger partial charge in [-0.05, 0) is 50.9 Å². The Bertz CT molecular complexity index is 959. The van der Waals surface area contributed by atoms with Gasteiger partial charge >= 0.3 is 5.97 Å². The summed E-state index contributed by atoms with van der Waals surface area (Å²) in [5, 5.41) is 4.83. The van der Waals surface area contributed by atoms with Gasteiger partial charge in [0.1, 0.15) is 0 Å². The highest BCUT2D eigenvalue weighted by Crippen LogP contribution is 2.24. The summed E-state index contributed by atoms with van der Waals surface area (Å²) in [6.45, 7) is 0. The summed E-state index contributed by atoms with van der Waals surface area (Å²) in [7, 11) is 1.41. The van der Waals surface area contributed by atoms with Crippen LogP contribution in [0.15, 0.2) is 42.0 Å². The lowest BCUT2D eigenvalue weighted by Gasteiger charge is -2.10. The molecule has 0 saturated carbocycles. The molecule has 0 heterocycles. The van der Waals surface area contributed by atoms with Crippen molar-refractivity contribution in [2.24, 2.45) is 0 Å². The minimum atomic E-state index is -0.284. The summed E-state index contributed by atoms with van der Waals surface area (Å²) in [5.74, 6) is -0.284. The van der Waals surface area contributed by atoms with Crippen LogP contribution in [-0.2, 0) is 16.0 Å². The monoisotopic (exact) mass is 274 g/mol. The summed E-state index contributed by atoms with van der Waals surface area (Å²) in [4.78, 5) is 11.7. The third-order valence-corrected chi connectivity index (χ3v) is 4.19. The number of rotatable bonds is 1. The van der Waals surface area contributed by atoms with E-state index in [4.69, 9.17) is 4.74 Å². The van der Waals surface area contributed by atoms with Crippen LogP contribution in [-0.4, -0.2) is 13.1 Å². The molecule has 0 saturated heterocycles. The molecule has 0 aliphatic heterocycles. The number of allylic oxidation sites excluding steroid dienone is 2. The molecular formula is C19H14O2. The Hall–Kier alpha value is -2.61. The summed E-state index contributed by atoms with van der Waals surface area (Å²) >= 11 is 0. The van der Waals surface area contributed by atoms with Gasteiger partial charge in [-0.15, -0.1) is 0 Å². The van der Waals surface area contributed by atoms with Crippen LogP contribution < -0.4 is 10.4 Å². The van der Waals surface area contributed by atoms with E-state index in [0.29, 0.717) is 5.57 Å². The van der Waals surface area contributed by atoms with Crippen LogP contribution >= 0.6 is 0 Å². The van der Waals surface area contributed by atoms with Crippen molar-refractivity contribution in [2.75, 3.05) is 7.11 Å². The van der Waals surface area contributed by atoms with Gasteiger partial charge in [0.15, 0.2) is 0 Å². The summed E-state index contributed by atoms with van der Waals surface area (Å²) < 4.78 is 4.82. The number of hydrogen-bond donors (Lipinski definition) is 0. The Morgan fingerprint density at radius 3 is 2.71 bits per heavy atom. The molecule has 0 N–H and O–H groups in total. The van der Waals surface area contributed by atoms with Crippen LogP contribution in [0.25, 0.3) is 29.0 Å². The number of ether oxygens (including phenoxy) is 1. The van der Waals surface area contributed by atoms with E-state index < -0.39 is 0 Å². The van der Waals surface area contributed by atoms with Gasteiger partial charge in [-0.3, -0.25) is 0 Å². The van der Waals surface area contributed by atoms with Crippen molar-refractivity contribution in [2.45, 2.75) is 6.42 Å². The zero-order valence-electron chi connectivity index (χ0n) is 11.7. The molecular weight excluding hydrogens is 260 g/mol. The molecule has 2 nitrogen and oxygen atoms in total. The molecule has 2 heteroatoms. The van der Waals surface area contributed by atoms with Crippen LogP contribution in [0.5, 0.6) is 0 Å². The van der Waals surface area contributed by atoms with E-state index in [9.17, 15) is 4.79 Å². The number of carbonyl (C=O) groups excluding carboxylic acids is 1. The van der Waals surface area contributed by atoms with Crippen LogP contribution in [0, 0.1) is 0 Å². The van der Waals surface area contributed by atoms with Crippen molar-refractivity contribution < 1.29 is 9.53 Å². The van der Waals surface area contributed by atoms with Crippen molar-refractivity contribution in [1.82, 2.24) is 0 Å². The van der Waals surface area contributed by atoms with E-state index in [2.05, 4.69) is 42.5 Å². The number of fused-ring (bicyclic) bond motifs is 5. The number of hydrogen-bond acceptors (Lipinski definition) is 2. The smallest absolute Gasteiger partial charge is 0.337 e. The lowest BCUT2D eigenvalue weighted by molar-refractivity contribution is -0.135. The normalized spacial score (nSPS) is 14.8. The first-order valence-corrected chi connectivity index (χ1v) is 7.01. The molecule has 0 atom stereocenters. The molecule has 2 aromatic carbocycles. The summed E-state index contributed by atoms with van der Waals surface area (Å²) in [6, 6.07) is 8.55. The van der Waals surface area contributed by atoms with Crippen molar-refractivity contribution in [1.29, 1.82) is 0 Å². The fraction of sp³-hybridized carbons (Fsp3) is 0.105. The van der Waals surface area contributed by atoms with E-state index in [1.54, 1.807) is 0 Å². The molecule has 0 amide bonds. The number of methoxy groups -OCH3 is 1. The minimum absolute atomic E-state index is 0.284. The fourth-order valence-corrected chi connectivity index (χ4v) is 3.15. The molecule has 21 heavy (non-hydrogen) atoms. The second kappa shape index (κ2) is 4.45. The van der Waals surface area contributed by atoms with Crippen LogP contribution in [0.3, 0.4) is 0 Å². The maximum Gasteiger partial charge on any atom is 0.337 e. The Labute approximate surface area is 122 Å². The Kier molecular flexibility index (Phi) is 2.58. The standard InChI is InChI=1S/C19H14O2/c1-21-19(20)14-10-13-7-9-16-15-5-3-2-4-12(15)6-8-17(16)18(13)11-14/h2-4,6-11H,5H2,1H3. The van der Waals surface area contributed by atoms with Gasteiger partial charge in [-0.2, -0.15) is 0 Å². The third kappa shape index (κ3) is 1.76. The second-order valence-electron chi connectivity index (χ2n) is 5.33. The quantitative estimate of drug-likeness (QED) is 0.744. The van der Waals surface area contributed by atoms with Crippen molar-refractivity contribution in [3.05, 3.63) is 63.6 Å². The molecule has 0 bridgehead atoms. The first-order valence-electron chi connectivity index (χ1n) is 7.01. The molecule has 2 aliphatic rings. The zero-order chi connectivity index (χ0) is 14.4. The molecule has 0 radical (unpaired) electrons. The van der Waals surface area contributed by atoms with Crippen molar-refractivity contribution in [3.8, 4) is 0 Å². The van der Waals surface area contributed by atoms with E-state index in [1.165, 1.54) is 28.7 Å². The summed E-state index contributed by atoms with van der Waals surface area (Å²) in [6.07, 6.45) is 11.2. The topological polar surface area (TPSA) is 26.3 Å². The van der Waals surface area contributed by atoms with E-state index in [1.807, 2.05) is 12.2 Å². The first-order chi connectivity index (χ1) is 10.3. The third-order valence-electron chi connectivity index (χ3n) is 4.19. The van der Waals surface area contributed by atoms with Gasteiger partial charge in [0.25, 0.3) is 0 Å². The highest BCUT2D eigenvalue weighted by molar-refractivity contribution is 6.08. The van der Waals surface area contributed by atoms with Crippen LogP contribution in [0.4, 0.5) is 0 Å². The maximum atomic E-state index is 11.7. The van der Waals surface area contributed by atoms with Gasteiger partial charge < -0.3 is 4.74 Å². The molecule has 0 fully saturated rings. The highest BCUT2D eigenvalue weighted by Gasteiger charge is 2.15. The lowest BCUT2D eigenvalue weighted by atomic mass is 9.94. The van der Waals surface area contributed by atoms with Gasteiger partial charge in [0.2, 0.25) is 0 Å². The maximum absolute atomic E-state index is 11.7. The Balaban J connectivity index is 2.02. The Morgan fingerprint density at radius 2 is 1.86 bits per heavy atom. The SMILES string of the molecule is COC(=O)C1=Cc2c(ccc3c4c(ccc23)=CC=CC4)=C1. The average molecular weight is 274 g/mol. The number of carbonyl (C=O) groups is 1. The summed E-state index contributed by atoms with van der Waals surface area (Å²) in [5.41, 5.74) is 3.09. The molecule has 4 rings (SSSR count). The van der Waals surface area contributed by atoms with Gasteiger partial charge in [-0.25, -0.2) is 4.79 Å². The number of esters is 1.